The summed E-state index contributed by atoms with van der Waals surface area (Å²) in [6.07, 6.45) is 0.823. The van der Waals surface area contributed by atoms with Crippen molar-refractivity contribution >= 4 is 21.8 Å². The van der Waals surface area contributed by atoms with Crippen LogP contribution in [0.1, 0.15) is 12.0 Å². The van der Waals surface area contributed by atoms with Gasteiger partial charge in [-0.05, 0) is 49.2 Å². The number of aromatic nitrogens is 2. The van der Waals surface area contributed by atoms with Crippen molar-refractivity contribution in [3.8, 4) is 17.2 Å². The molecule has 0 aliphatic carbocycles. The molecule has 1 aliphatic rings. The van der Waals surface area contributed by atoms with E-state index < -0.39 is 10.0 Å². The van der Waals surface area contributed by atoms with Gasteiger partial charge in [-0.25, -0.2) is 8.42 Å². The minimum absolute atomic E-state index is 0.206. The first kappa shape index (κ1) is 22.8. The Bertz CT molecular complexity index is 1140. The maximum Gasteiger partial charge on any atom is 0.276 e. The Kier molecular flexibility index (Phi) is 7.46. The van der Waals surface area contributed by atoms with Gasteiger partial charge in [0.2, 0.25) is 15.9 Å². The highest BCUT2D eigenvalue weighted by molar-refractivity contribution is 7.99. The summed E-state index contributed by atoms with van der Waals surface area (Å²) in [7, 11) is -3.59. The van der Waals surface area contributed by atoms with Crippen LogP contribution in [0, 0.1) is 6.92 Å². The number of aryl methyl sites for hydroxylation is 1. The van der Waals surface area contributed by atoms with E-state index in [-0.39, 0.29) is 4.90 Å². The molecule has 0 saturated carbocycles. The molecule has 1 aromatic heterocycles. The van der Waals surface area contributed by atoms with Crippen molar-refractivity contribution in [3.63, 3.8) is 0 Å². The molecule has 0 atom stereocenters. The molecule has 10 heteroatoms. The van der Waals surface area contributed by atoms with Crippen LogP contribution in [0.4, 0.5) is 0 Å². The Morgan fingerprint density at radius 3 is 2.72 bits per heavy atom. The predicted molar refractivity (Wildman–Crippen MR) is 121 cm³/mol. The fraction of sp³-hybridized carbons (Fsp3) is 0.364. The lowest BCUT2D eigenvalue weighted by atomic mass is 10.2. The monoisotopic (exact) mass is 475 g/mol. The summed E-state index contributed by atoms with van der Waals surface area (Å²) >= 11 is 1.45. The molecule has 1 saturated heterocycles. The number of sulfonamides is 1. The first-order valence-electron chi connectivity index (χ1n) is 10.4. The third-order valence-electron chi connectivity index (χ3n) is 4.87. The zero-order valence-corrected chi connectivity index (χ0v) is 19.4. The summed E-state index contributed by atoms with van der Waals surface area (Å²) in [6.45, 7) is 4.13. The van der Waals surface area contributed by atoms with Gasteiger partial charge in [0.1, 0.15) is 5.75 Å². The third-order valence-corrected chi connectivity index (χ3v) is 7.67. The molecule has 0 unspecified atom stereocenters. The second kappa shape index (κ2) is 10.5. The molecule has 8 nitrogen and oxygen atoms in total. The second-order valence-electron chi connectivity index (χ2n) is 7.28. The highest BCUT2D eigenvalue weighted by Gasteiger charge is 2.26. The van der Waals surface area contributed by atoms with E-state index in [0.717, 1.165) is 23.5 Å². The molecule has 0 spiro atoms. The molecular formula is C22H25N3O5S2. The van der Waals surface area contributed by atoms with Crippen LogP contribution >= 0.6 is 11.8 Å². The smallest absolute Gasteiger partial charge is 0.276 e. The summed E-state index contributed by atoms with van der Waals surface area (Å²) in [5.74, 6) is 1.92. The molecule has 0 N–H and O–H groups in total. The number of thioether (sulfide) groups is 1. The number of nitrogens with zero attached hydrogens (tertiary/aromatic N) is 3. The van der Waals surface area contributed by atoms with Gasteiger partial charge in [-0.2, -0.15) is 4.31 Å². The van der Waals surface area contributed by atoms with E-state index >= 15 is 0 Å². The van der Waals surface area contributed by atoms with Crippen molar-refractivity contribution in [1.82, 2.24) is 14.5 Å². The molecule has 2 aromatic carbocycles. The van der Waals surface area contributed by atoms with E-state index in [1.165, 1.54) is 16.1 Å². The molecular weight excluding hydrogens is 450 g/mol. The zero-order chi connectivity index (χ0) is 22.4. The Balaban J connectivity index is 1.32. The first-order valence-corrected chi connectivity index (χ1v) is 12.8. The topological polar surface area (TPSA) is 94.8 Å². The van der Waals surface area contributed by atoms with Gasteiger partial charge < -0.3 is 13.9 Å². The number of rotatable bonds is 9. The lowest BCUT2D eigenvalue weighted by Crippen LogP contribution is -2.40. The summed E-state index contributed by atoms with van der Waals surface area (Å²) in [5, 5.41) is 8.59. The van der Waals surface area contributed by atoms with Crippen molar-refractivity contribution < 1.29 is 22.3 Å². The minimum atomic E-state index is -3.59. The number of ether oxygens (including phenoxy) is 2. The SMILES string of the molecule is Cc1cccc(OCCCSc2nnc(-c3cccc(S(=O)(=O)N4CCOCC4)c3)o2)c1. The highest BCUT2D eigenvalue weighted by Crippen LogP contribution is 2.27. The van der Waals surface area contributed by atoms with E-state index in [0.29, 0.717) is 49.6 Å². The van der Waals surface area contributed by atoms with Gasteiger partial charge in [-0.3, -0.25) is 0 Å². The van der Waals surface area contributed by atoms with Crippen molar-refractivity contribution in [1.29, 1.82) is 0 Å². The van der Waals surface area contributed by atoms with E-state index in [1.54, 1.807) is 24.3 Å². The van der Waals surface area contributed by atoms with Crippen molar-refractivity contribution in [3.05, 3.63) is 54.1 Å². The van der Waals surface area contributed by atoms with E-state index in [1.807, 2.05) is 31.2 Å². The average molecular weight is 476 g/mol. The maximum atomic E-state index is 12.9. The van der Waals surface area contributed by atoms with E-state index in [2.05, 4.69) is 10.2 Å². The molecule has 0 amide bonds. The molecule has 0 radical (unpaired) electrons. The van der Waals surface area contributed by atoms with Gasteiger partial charge in [0.15, 0.2) is 0 Å². The van der Waals surface area contributed by atoms with E-state index in [9.17, 15) is 8.42 Å². The number of benzene rings is 2. The van der Waals surface area contributed by atoms with Crippen molar-refractivity contribution in [2.45, 2.75) is 23.5 Å². The Labute approximate surface area is 192 Å². The third kappa shape index (κ3) is 5.69. The fourth-order valence-corrected chi connectivity index (χ4v) is 5.35. The molecule has 1 fully saturated rings. The molecule has 4 rings (SSSR count). The van der Waals surface area contributed by atoms with Gasteiger partial charge in [0.05, 0.1) is 24.7 Å². The van der Waals surface area contributed by atoms with Crippen LogP contribution in [-0.4, -0.2) is 61.6 Å². The Morgan fingerprint density at radius 1 is 1.09 bits per heavy atom. The normalized spacial score (nSPS) is 15.0. The largest absolute Gasteiger partial charge is 0.494 e. The summed E-state index contributed by atoms with van der Waals surface area (Å²) in [6, 6.07) is 14.5. The van der Waals surface area contributed by atoms with Crippen LogP contribution < -0.4 is 4.74 Å². The lowest BCUT2D eigenvalue weighted by Gasteiger charge is -2.26. The van der Waals surface area contributed by atoms with Gasteiger partial charge >= 0.3 is 0 Å². The summed E-state index contributed by atoms with van der Waals surface area (Å²) < 4.78 is 43.9. The molecule has 3 aromatic rings. The average Bonchev–Trinajstić information content (AvgIpc) is 3.29. The van der Waals surface area contributed by atoms with Crippen LogP contribution in [0.3, 0.4) is 0 Å². The lowest BCUT2D eigenvalue weighted by molar-refractivity contribution is 0.0730. The van der Waals surface area contributed by atoms with Crippen LogP contribution in [-0.2, 0) is 14.8 Å². The summed E-state index contributed by atoms with van der Waals surface area (Å²) in [4.78, 5) is 0.206. The van der Waals surface area contributed by atoms with Crippen molar-refractivity contribution in [2.24, 2.45) is 0 Å². The summed E-state index contributed by atoms with van der Waals surface area (Å²) in [5.41, 5.74) is 1.73. The quantitative estimate of drug-likeness (QED) is 0.342. The van der Waals surface area contributed by atoms with Gasteiger partial charge in [-0.1, -0.05) is 30.0 Å². The van der Waals surface area contributed by atoms with E-state index in [4.69, 9.17) is 13.9 Å². The van der Waals surface area contributed by atoms with Gasteiger partial charge in [0, 0.05) is 24.4 Å². The molecule has 32 heavy (non-hydrogen) atoms. The van der Waals surface area contributed by atoms with Gasteiger partial charge in [0.25, 0.3) is 5.22 Å². The molecule has 0 bridgehead atoms. The van der Waals surface area contributed by atoms with Crippen LogP contribution in [0.5, 0.6) is 5.75 Å². The maximum absolute atomic E-state index is 12.9. The molecule has 170 valence electrons. The highest BCUT2D eigenvalue weighted by atomic mass is 32.2. The Morgan fingerprint density at radius 2 is 1.91 bits per heavy atom. The minimum Gasteiger partial charge on any atom is -0.494 e. The first-order chi connectivity index (χ1) is 15.5. The number of hydrogen-bond donors (Lipinski definition) is 0. The standard InChI is InChI=1S/C22H25N3O5S2/c1-17-5-2-7-19(15-17)29-11-4-14-31-22-24-23-21(30-22)18-6-3-8-20(16-18)32(26,27)25-9-12-28-13-10-25/h2-3,5-8,15-16H,4,9-14H2,1H3. The fourth-order valence-electron chi connectivity index (χ4n) is 3.22. The second-order valence-corrected chi connectivity index (χ2v) is 10.3. The van der Waals surface area contributed by atoms with Crippen LogP contribution in [0.15, 0.2) is 63.1 Å². The number of hydrogen-bond acceptors (Lipinski definition) is 8. The predicted octanol–water partition coefficient (Wildman–Crippen LogP) is 3.63. The van der Waals surface area contributed by atoms with Crippen molar-refractivity contribution in [2.75, 3.05) is 38.7 Å². The number of morpholine rings is 1. The van der Waals surface area contributed by atoms with Crippen LogP contribution in [0.2, 0.25) is 0 Å². The zero-order valence-electron chi connectivity index (χ0n) is 17.8. The Hall–Kier alpha value is -2.40. The van der Waals surface area contributed by atoms with Gasteiger partial charge in [-0.15, -0.1) is 10.2 Å². The van der Waals surface area contributed by atoms with Crippen LogP contribution in [0.25, 0.3) is 11.5 Å². The molecule has 1 aliphatic heterocycles. The molecule has 2 heterocycles.